The fraction of sp³-hybridized carbons (Fsp3) is 0.455. The minimum Gasteiger partial charge on any atom is -0.404 e. The molecule has 0 saturated carbocycles. The number of aliphatic hydroxyl groups is 1. The van der Waals surface area contributed by atoms with Gasteiger partial charge in [0.2, 0.25) is 0 Å². The second kappa shape index (κ2) is 5.36. The van der Waals surface area contributed by atoms with E-state index in [4.69, 9.17) is 0 Å². The van der Waals surface area contributed by atoms with Gasteiger partial charge in [-0.15, -0.1) is 13.2 Å². The molecule has 0 aromatic heterocycles. The van der Waals surface area contributed by atoms with Crippen molar-refractivity contribution in [3.63, 3.8) is 0 Å². The summed E-state index contributed by atoms with van der Waals surface area (Å²) < 4.78 is 41.0. The molecule has 0 fully saturated rings. The Kier molecular flexibility index (Phi) is 4.50. The van der Waals surface area contributed by atoms with Crippen LogP contribution in [0.15, 0.2) is 22.7 Å². The number of nitrogens with one attached hydrogen (secondary N) is 1. The van der Waals surface area contributed by atoms with Crippen molar-refractivity contribution in [2.75, 3.05) is 11.9 Å². The number of benzene rings is 1. The molecule has 0 unspecified atom stereocenters. The van der Waals surface area contributed by atoms with Crippen LogP contribution in [0.4, 0.5) is 18.9 Å². The summed E-state index contributed by atoms with van der Waals surface area (Å²) in [7, 11) is 0. The molecule has 18 heavy (non-hydrogen) atoms. The van der Waals surface area contributed by atoms with Crippen molar-refractivity contribution < 1.29 is 23.0 Å². The highest BCUT2D eigenvalue weighted by molar-refractivity contribution is 9.10. The van der Waals surface area contributed by atoms with Gasteiger partial charge in [-0.05, 0) is 32.0 Å². The van der Waals surface area contributed by atoms with E-state index in [0.29, 0.717) is 4.47 Å². The van der Waals surface area contributed by atoms with Gasteiger partial charge in [0.1, 0.15) is 0 Å². The zero-order valence-corrected chi connectivity index (χ0v) is 11.4. The average Bonchev–Trinajstić information content (AvgIpc) is 2.12. The van der Waals surface area contributed by atoms with E-state index >= 15 is 0 Å². The summed E-state index contributed by atoms with van der Waals surface area (Å²) in [6.45, 7) is 3.19. The van der Waals surface area contributed by atoms with Crippen LogP contribution in [-0.4, -0.2) is 23.6 Å². The fourth-order valence-electron chi connectivity index (χ4n) is 1.16. The molecular weight excluding hydrogens is 315 g/mol. The van der Waals surface area contributed by atoms with Gasteiger partial charge in [-0.25, -0.2) is 0 Å². The molecule has 0 spiro atoms. The Hall–Kier alpha value is -0.950. The molecule has 7 heteroatoms. The lowest BCUT2D eigenvalue weighted by Gasteiger charge is -2.20. The zero-order valence-electron chi connectivity index (χ0n) is 9.81. The Balaban J connectivity index is 2.90. The molecule has 0 heterocycles. The predicted molar refractivity (Wildman–Crippen MR) is 65.6 cm³/mol. The Bertz CT molecular complexity index is 416. The maximum atomic E-state index is 12.2. The minimum atomic E-state index is -4.76. The van der Waals surface area contributed by atoms with Gasteiger partial charge in [-0.1, -0.05) is 15.9 Å². The molecule has 102 valence electrons. The molecule has 0 amide bonds. The van der Waals surface area contributed by atoms with Crippen LogP contribution in [0.2, 0.25) is 0 Å². The molecule has 3 nitrogen and oxygen atoms in total. The molecule has 0 aliphatic rings. The number of ether oxygens (including phenoxy) is 1. The fourth-order valence-corrected chi connectivity index (χ4v) is 1.50. The van der Waals surface area contributed by atoms with Crippen molar-refractivity contribution in [3.8, 4) is 5.75 Å². The van der Waals surface area contributed by atoms with Gasteiger partial charge in [0.15, 0.2) is 5.75 Å². The maximum Gasteiger partial charge on any atom is 0.573 e. The van der Waals surface area contributed by atoms with E-state index in [-0.39, 0.29) is 18.0 Å². The molecule has 0 bridgehead atoms. The molecule has 0 radical (unpaired) electrons. The van der Waals surface area contributed by atoms with Crippen LogP contribution in [0.25, 0.3) is 0 Å². The van der Waals surface area contributed by atoms with E-state index in [1.165, 1.54) is 12.1 Å². The van der Waals surface area contributed by atoms with E-state index in [1.54, 1.807) is 19.9 Å². The molecule has 1 aromatic carbocycles. The van der Waals surface area contributed by atoms with E-state index in [2.05, 4.69) is 26.0 Å². The third-order valence-electron chi connectivity index (χ3n) is 1.88. The lowest BCUT2D eigenvalue weighted by Crippen LogP contribution is -2.29. The molecule has 0 atom stereocenters. The van der Waals surface area contributed by atoms with Crippen LogP contribution in [0.5, 0.6) is 5.75 Å². The first-order valence-electron chi connectivity index (χ1n) is 5.08. The van der Waals surface area contributed by atoms with Crippen molar-refractivity contribution in [2.45, 2.75) is 25.8 Å². The SMILES string of the molecule is CC(C)(O)CNc1ccc(Br)cc1OC(F)(F)F. The first-order valence-corrected chi connectivity index (χ1v) is 5.88. The van der Waals surface area contributed by atoms with Crippen molar-refractivity contribution in [2.24, 2.45) is 0 Å². The standard InChI is InChI=1S/C11H13BrF3NO2/c1-10(2,17)6-16-8-4-3-7(12)5-9(8)18-11(13,14)15/h3-5,16-17H,6H2,1-2H3. The van der Waals surface area contributed by atoms with Crippen LogP contribution < -0.4 is 10.1 Å². The van der Waals surface area contributed by atoms with Crippen molar-refractivity contribution >= 4 is 21.6 Å². The highest BCUT2D eigenvalue weighted by Gasteiger charge is 2.32. The largest absolute Gasteiger partial charge is 0.573 e. The highest BCUT2D eigenvalue weighted by Crippen LogP contribution is 2.33. The Labute approximate surface area is 111 Å². The first-order chi connectivity index (χ1) is 8.07. The van der Waals surface area contributed by atoms with Gasteiger partial charge in [0, 0.05) is 11.0 Å². The molecule has 0 aliphatic carbocycles. The van der Waals surface area contributed by atoms with E-state index in [1.807, 2.05) is 0 Å². The van der Waals surface area contributed by atoms with Crippen LogP contribution in [0.3, 0.4) is 0 Å². The lowest BCUT2D eigenvalue weighted by atomic mass is 10.1. The molecule has 0 saturated heterocycles. The smallest absolute Gasteiger partial charge is 0.404 e. The predicted octanol–water partition coefficient (Wildman–Crippen LogP) is 3.53. The van der Waals surface area contributed by atoms with Crippen LogP contribution in [0.1, 0.15) is 13.8 Å². The summed E-state index contributed by atoms with van der Waals surface area (Å²) in [6, 6.07) is 4.23. The van der Waals surface area contributed by atoms with Gasteiger partial charge in [0.05, 0.1) is 11.3 Å². The van der Waals surface area contributed by atoms with Crippen molar-refractivity contribution in [1.29, 1.82) is 0 Å². The molecule has 1 aromatic rings. The Morgan fingerprint density at radius 2 is 1.94 bits per heavy atom. The summed E-state index contributed by atoms with van der Waals surface area (Å²) in [6.07, 6.45) is -4.76. The summed E-state index contributed by atoms with van der Waals surface area (Å²) in [5.74, 6) is -0.346. The summed E-state index contributed by atoms with van der Waals surface area (Å²) in [5, 5.41) is 12.2. The molecule has 1 rings (SSSR count). The Morgan fingerprint density at radius 1 is 1.33 bits per heavy atom. The normalized spacial score (nSPS) is 12.4. The van der Waals surface area contributed by atoms with Gasteiger partial charge in [-0.3, -0.25) is 0 Å². The second-order valence-electron chi connectivity index (χ2n) is 4.35. The number of halogens is 4. The Morgan fingerprint density at radius 3 is 2.44 bits per heavy atom. The van der Waals surface area contributed by atoms with Crippen molar-refractivity contribution in [3.05, 3.63) is 22.7 Å². The minimum absolute atomic E-state index is 0.100. The summed E-state index contributed by atoms with van der Waals surface area (Å²) in [5.41, 5.74) is -0.875. The van der Waals surface area contributed by atoms with Gasteiger partial charge < -0.3 is 15.2 Å². The first kappa shape index (κ1) is 15.1. The third kappa shape index (κ3) is 5.59. The number of alkyl halides is 3. The summed E-state index contributed by atoms with van der Waals surface area (Å²) in [4.78, 5) is 0. The second-order valence-corrected chi connectivity index (χ2v) is 5.27. The molecule has 0 aliphatic heterocycles. The van der Waals surface area contributed by atoms with E-state index in [9.17, 15) is 18.3 Å². The lowest BCUT2D eigenvalue weighted by molar-refractivity contribution is -0.274. The molecular formula is C11H13BrF3NO2. The van der Waals surface area contributed by atoms with Gasteiger partial charge in [-0.2, -0.15) is 0 Å². The highest BCUT2D eigenvalue weighted by atomic mass is 79.9. The number of hydrogen-bond donors (Lipinski definition) is 2. The van der Waals surface area contributed by atoms with E-state index in [0.717, 1.165) is 0 Å². The van der Waals surface area contributed by atoms with E-state index < -0.39 is 12.0 Å². The number of hydrogen-bond acceptors (Lipinski definition) is 3. The quantitative estimate of drug-likeness (QED) is 0.888. The van der Waals surface area contributed by atoms with Gasteiger partial charge >= 0.3 is 6.36 Å². The van der Waals surface area contributed by atoms with Gasteiger partial charge in [0.25, 0.3) is 0 Å². The van der Waals surface area contributed by atoms with Crippen molar-refractivity contribution in [1.82, 2.24) is 0 Å². The average molecular weight is 328 g/mol. The number of anilines is 1. The maximum absolute atomic E-state index is 12.2. The van der Waals surface area contributed by atoms with Crippen LogP contribution in [0, 0.1) is 0 Å². The van der Waals surface area contributed by atoms with Crippen LogP contribution in [-0.2, 0) is 0 Å². The van der Waals surface area contributed by atoms with Crippen LogP contribution >= 0.6 is 15.9 Å². The number of rotatable bonds is 4. The summed E-state index contributed by atoms with van der Waals surface area (Å²) >= 11 is 3.07. The monoisotopic (exact) mass is 327 g/mol. The third-order valence-corrected chi connectivity index (χ3v) is 2.37. The zero-order chi connectivity index (χ0) is 14.0. The topological polar surface area (TPSA) is 41.5 Å². The molecule has 2 N–H and O–H groups in total.